The second-order valence-electron chi connectivity index (χ2n) is 5.10. The van der Waals surface area contributed by atoms with Crippen LogP contribution in [0.3, 0.4) is 0 Å². The topological polar surface area (TPSA) is 29.5 Å². The van der Waals surface area contributed by atoms with Crippen LogP contribution in [-0.4, -0.2) is 30.6 Å². The molecule has 0 amide bonds. The normalized spacial score (nSPS) is 19.9. The molecule has 1 aromatic carbocycles. The van der Waals surface area contributed by atoms with Crippen LogP contribution in [0.5, 0.6) is 0 Å². The van der Waals surface area contributed by atoms with Crippen LogP contribution < -0.4 is 0 Å². The Bertz CT molecular complexity index is 459. The highest BCUT2D eigenvalue weighted by Crippen LogP contribution is 2.24. The minimum Gasteiger partial charge on any atom is -0.469 e. The van der Waals surface area contributed by atoms with Gasteiger partial charge < -0.3 is 4.74 Å². The Morgan fingerprint density at radius 3 is 2.70 bits per heavy atom. The van der Waals surface area contributed by atoms with Crippen LogP contribution in [0, 0.1) is 11.6 Å². The molecule has 1 aliphatic rings. The fourth-order valence-electron chi connectivity index (χ4n) is 2.66. The Morgan fingerprint density at radius 1 is 1.35 bits per heavy atom. The first-order valence-corrected chi connectivity index (χ1v) is 6.85. The molecule has 0 bridgehead atoms. The van der Waals surface area contributed by atoms with Gasteiger partial charge in [0.25, 0.3) is 0 Å². The molecule has 0 spiro atoms. The maximum atomic E-state index is 13.7. The van der Waals surface area contributed by atoms with Gasteiger partial charge in [-0.1, -0.05) is 12.5 Å². The van der Waals surface area contributed by atoms with Crippen molar-refractivity contribution in [1.29, 1.82) is 0 Å². The van der Waals surface area contributed by atoms with Gasteiger partial charge in [-0.2, -0.15) is 0 Å². The van der Waals surface area contributed by atoms with Crippen LogP contribution in [0.4, 0.5) is 8.78 Å². The van der Waals surface area contributed by atoms with Crippen LogP contribution in [0.25, 0.3) is 0 Å². The van der Waals surface area contributed by atoms with E-state index >= 15 is 0 Å². The molecule has 1 saturated heterocycles. The minimum absolute atomic E-state index is 0.00444. The number of ether oxygens (including phenoxy) is 1. The molecule has 1 heterocycles. The number of halogens is 2. The number of benzene rings is 1. The van der Waals surface area contributed by atoms with Gasteiger partial charge in [0, 0.05) is 18.2 Å². The number of nitrogens with zero attached hydrogens (tertiary/aromatic N) is 1. The summed E-state index contributed by atoms with van der Waals surface area (Å²) in [4.78, 5) is 13.4. The number of esters is 1. The Kier molecular flexibility index (Phi) is 5.06. The van der Waals surface area contributed by atoms with Crippen LogP contribution in [0.1, 0.15) is 31.2 Å². The predicted molar refractivity (Wildman–Crippen MR) is 71.0 cm³/mol. The molecule has 1 unspecified atom stereocenters. The Morgan fingerprint density at radius 2 is 2.05 bits per heavy atom. The molecule has 5 heteroatoms. The van der Waals surface area contributed by atoms with E-state index in [1.807, 2.05) is 4.90 Å². The summed E-state index contributed by atoms with van der Waals surface area (Å²) in [6.07, 6.45) is 3.13. The zero-order valence-corrected chi connectivity index (χ0v) is 11.6. The lowest BCUT2D eigenvalue weighted by atomic mass is 9.98. The quantitative estimate of drug-likeness (QED) is 0.796. The maximum Gasteiger partial charge on any atom is 0.307 e. The van der Waals surface area contributed by atoms with Gasteiger partial charge in [-0.15, -0.1) is 0 Å². The minimum atomic E-state index is -0.535. The molecule has 3 nitrogen and oxygen atoms in total. The van der Waals surface area contributed by atoms with Gasteiger partial charge in [-0.05, 0) is 31.5 Å². The van der Waals surface area contributed by atoms with Gasteiger partial charge in [0.1, 0.15) is 11.6 Å². The first-order valence-electron chi connectivity index (χ1n) is 6.85. The number of methoxy groups -OCH3 is 1. The second-order valence-corrected chi connectivity index (χ2v) is 5.10. The Balaban J connectivity index is 2.10. The second kappa shape index (κ2) is 6.79. The maximum absolute atomic E-state index is 13.7. The highest BCUT2D eigenvalue weighted by Gasteiger charge is 2.26. The van der Waals surface area contributed by atoms with E-state index in [0.717, 1.165) is 25.8 Å². The van der Waals surface area contributed by atoms with Gasteiger partial charge in [-0.3, -0.25) is 9.69 Å². The number of carbonyl (C=O) groups excluding carboxylic acids is 1. The summed E-state index contributed by atoms with van der Waals surface area (Å²) in [6.45, 7) is 0.940. The molecule has 0 N–H and O–H groups in total. The molecule has 20 heavy (non-hydrogen) atoms. The fraction of sp³-hybridized carbons (Fsp3) is 0.533. The molecule has 110 valence electrons. The van der Waals surface area contributed by atoms with Crippen molar-refractivity contribution in [2.75, 3.05) is 13.7 Å². The molecule has 0 aromatic heterocycles. The summed E-state index contributed by atoms with van der Waals surface area (Å²) in [5.41, 5.74) is 0.0734. The summed E-state index contributed by atoms with van der Waals surface area (Å²) < 4.78 is 32.1. The third kappa shape index (κ3) is 3.54. The van der Waals surface area contributed by atoms with E-state index in [-0.39, 0.29) is 30.5 Å². The molecule has 0 saturated carbocycles. The zero-order valence-electron chi connectivity index (χ0n) is 11.6. The van der Waals surface area contributed by atoms with Crippen LogP contribution in [0.15, 0.2) is 18.2 Å². The summed E-state index contributed by atoms with van der Waals surface area (Å²) in [5.74, 6) is -1.35. The SMILES string of the molecule is COC(=O)CC1CCCCN1Cc1c(F)cccc1F. The molecule has 0 radical (unpaired) electrons. The average Bonchev–Trinajstić information content (AvgIpc) is 2.44. The highest BCUT2D eigenvalue weighted by molar-refractivity contribution is 5.69. The fourth-order valence-corrected chi connectivity index (χ4v) is 2.66. The smallest absolute Gasteiger partial charge is 0.307 e. The zero-order chi connectivity index (χ0) is 14.5. The lowest BCUT2D eigenvalue weighted by Gasteiger charge is -2.35. The van der Waals surface area contributed by atoms with Crippen molar-refractivity contribution in [2.45, 2.75) is 38.3 Å². The summed E-state index contributed by atoms with van der Waals surface area (Å²) in [7, 11) is 1.35. The van der Waals surface area contributed by atoms with Crippen LogP contribution >= 0.6 is 0 Å². The molecule has 2 rings (SSSR count). The van der Waals surface area contributed by atoms with Crippen molar-refractivity contribution in [3.63, 3.8) is 0 Å². The molecule has 1 aromatic rings. The van der Waals surface area contributed by atoms with Gasteiger partial charge in [0.2, 0.25) is 0 Å². The first kappa shape index (κ1) is 14.9. The van der Waals surface area contributed by atoms with E-state index in [2.05, 4.69) is 4.74 Å². The monoisotopic (exact) mass is 283 g/mol. The van der Waals surface area contributed by atoms with Gasteiger partial charge >= 0.3 is 5.97 Å². The van der Waals surface area contributed by atoms with E-state index in [9.17, 15) is 13.6 Å². The Hall–Kier alpha value is -1.49. The standard InChI is InChI=1S/C15H19F2NO2/c1-20-15(19)9-11-5-2-3-8-18(11)10-12-13(16)6-4-7-14(12)17/h4,6-7,11H,2-3,5,8-10H2,1H3. The number of likely N-dealkylation sites (tertiary alicyclic amines) is 1. The van der Waals surface area contributed by atoms with Gasteiger partial charge in [0.15, 0.2) is 0 Å². The molecule has 0 aliphatic carbocycles. The van der Waals surface area contributed by atoms with E-state index in [4.69, 9.17) is 0 Å². The van der Waals surface area contributed by atoms with Crippen molar-refractivity contribution in [3.05, 3.63) is 35.4 Å². The molecule has 1 fully saturated rings. The third-order valence-corrected chi connectivity index (χ3v) is 3.80. The predicted octanol–water partition coefficient (Wildman–Crippen LogP) is 2.88. The number of hydrogen-bond donors (Lipinski definition) is 0. The lowest BCUT2D eigenvalue weighted by molar-refractivity contribution is -0.142. The van der Waals surface area contributed by atoms with E-state index < -0.39 is 11.6 Å². The number of hydrogen-bond acceptors (Lipinski definition) is 3. The third-order valence-electron chi connectivity index (χ3n) is 3.80. The number of rotatable bonds is 4. The van der Waals surface area contributed by atoms with E-state index in [0.29, 0.717) is 0 Å². The first-order chi connectivity index (χ1) is 9.61. The Labute approximate surface area is 117 Å². The van der Waals surface area contributed by atoms with Crippen LogP contribution in [0.2, 0.25) is 0 Å². The van der Waals surface area contributed by atoms with Gasteiger partial charge in [-0.25, -0.2) is 8.78 Å². The molecular formula is C15H19F2NO2. The van der Waals surface area contributed by atoms with Crippen molar-refractivity contribution >= 4 is 5.97 Å². The molecule has 1 atom stereocenters. The van der Waals surface area contributed by atoms with Crippen molar-refractivity contribution in [3.8, 4) is 0 Å². The highest BCUT2D eigenvalue weighted by atomic mass is 19.1. The van der Waals surface area contributed by atoms with Gasteiger partial charge in [0.05, 0.1) is 13.5 Å². The average molecular weight is 283 g/mol. The number of carbonyl (C=O) groups is 1. The van der Waals surface area contributed by atoms with Crippen molar-refractivity contribution in [2.24, 2.45) is 0 Å². The molecular weight excluding hydrogens is 264 g/mol. The lowest BCUT2D eigenvalue weighted by Crippen LogP contribution is -2.40. The summed E-state index contributed by atoms with van der Waals surface area (Å²) >= 11 is 0. The van der Waals surface area contributed by atoms with Crippen LogP contribution in [-0.2, 0) is 16.1 Å². The molecule has 1 aliphatic heterocycles. The summed E-state index contributed by atoms with van der Waals surface area (Å²) in [6, 6.07) is 3.88. The number of piperidine rings is 1. The summed E-state index contributed by atoms with van der Waals surface area (Å²) in [5, 5.41) is 0. The largest absolute Gasteiger partial charge is 0.469 e. The van der Waals surface area contributed by atoms with E-state index in [1.54, 1.807) is 0 Å². The van der Waals surface area contributed by atoms with Crippen molar-refractivity contribution in [1.82, 2.24) is 4.90 Å². The van der Waals surface area contributed by atoms with Crippen molar-refractivity contribution < 1.29 is 18.3 Å². The van der Waals surface area contributed by atoms with E-state index in [1.165, 1.54) is 25.3 Å².